The molecule has 2 N–H and O–H groups in total. The minimum atomic E-state index is -3.38. The second kappa shape index (κ2) is 5.89. The lowest BCUT2D eigenvalue weighted by Crippen LogP contribution is -2.09. The molecule has 0 spiro atoms. The molecule has 0 unspecified atom stereocenters. The molecule has 0 fully saturated rings. The molecule has 9 nitrogen and oxygen atoms in total. The molecule has 24 heavy (non-hydrogen) atoms. The van der Waals surface area contributed by atoms with Crippen molar-refractivity contribution in [2.45, 2.75) is 6.92 Å². The maximum absolute atomic E-state index is 11.3. The third-order valence-corrected chi connectivity index (χ3v) is 3.60. The lowest BCUT2D eigenvalue weighted by atomic mass is 10.1. The Balaban J connectivity index is 1.97. The van der Waals surface area contributed by atoms with Gasteiger partial charge < -0.3 is 0 Å². The molecule has 0 aromatic carbocycles. The number of carbonyl (C=O) groups is 1. The van der Waals surface area contributed by atoms with Crippen molar-refractivity contribution < 1.29 is 13.2 Å². The van der Waals surface area contributed by atoms with Crippen LogP contribution in [0.2, 0.25) is 0 Å². The van der Waals surface area contributed by atoms with Crippen molar-refractivity contribution in [3.8, 4) is 11.1 Å². The van der Waals surface area contributed by atoms with Crippen molar-refractivity contribution in [3.63, 3.8) is 0 Å². The molecule has 3 heterocycles. The van der Waals surface area contributed by atoms with Crippen molar-refractivity contribution in [3.05, 3.63) is 36.8 Å². The van der Waals surface area contributed by atoms with Crippen LogP contribution in [-0.2, 0) is 14.8 Å². The van der Waals surface area contributed by atoms with Crippen molar-refractivity contribution >= 4 is 33.2 Å². The van der Waals surface area contributed by atoms with E-state index < -0.39 is 10.0 Å². The van der Waals surface area contributed by atoms with Gasteiger partial charge in [-0.3, -0.25) is 19.8 Å². The zero-order valence-corrected chi connectivity index (χ0v) is 13.7. The summed E-state index contributed by atoms with van der Waals surface area (Å²) in [6.45, 7) is 1.38. The summed E-state index contributed by atoms with van der Waals surface area (Å²) in [6.07, 6.45) is 5.83. The number of anilines is 2. The molecule has 124 valence electrons. The van der Waals surface area contributed by atoms with Crippen LogP contribution in [0.5, 0.6) is 0 Å². The van der Waals surface area contributed by atoms with Gasteiger partial charge in [0.25, 0.3) is 0 Å². The van der Waals surface area contributed by atoms with Crippen molar-refractivity contribution in [2.75, 3.05) is 16.3 Å². The van der Waals surface area contributed by atoms with Crippen molar-refractivity contribution in [1.29, 1.82) is 0 Å². The molecule has 1 amide bonds. The molecule has 10 heteroatoms. The number of aromatic nitrogens is 4. The summed E-state index contributed by atoms with van der Waals surface area (Å²) in [5.74, 6) is -0.0415. The fourth-order valence-corrected chi connectivity index (χ4v) is 2.67. The predicted octanol–water partition coefficient (Wildman–Crippen LogP) is 1.12. The van der Waals surface area contributed by atoms with E-state index in [9.17, 15) is 13.2 Å². The summed E-state index contributed by atoms with van der Waals surface area (Å²) in [5, 5.41) is 6.68. The lowest BCUT2D eigenvalue weighted by molar-refractivity contribution is -0.114. The van der Waals surface area contributed by atoms with Gasteiger partial charge in [0.15, 0.2) is 5.65 Å². The van der Waals surface area contributed by atoms with E-state index in [4.69, 9.17) is 0 Å². The number of nitrogens with zero attached hydrogens (tertiary/aromatic N) is 4. The maximum Gasteiger partial charge on any atom is 0.249 e. The number of nitrogens with one attached hydrogen (secondary N) is 2. The van der Waals surface area contributed by atoms with E-state index in [1.54, 1.807) is 24.5 Å². The van der Waals surface area contributed by atoms with Gasteiger partial charge in [-0.1, -0.05) is 0 Å². The van der Waals surface area contributed by atoms with Gasteiger partial charge in [0.2, 0.25) is 21.9 Å². The fourth-order valence-electron chi connectivity index (χ4n) is 2.13. The van der Waals surface area contributed by atoms with E-state index in [1.165, 1.54) is 17.6 Å². The van der Waals surface area contributed by atoms with Gasteiger partial charge in [-0.2, -0.15) is 4.98 Å². The maximum atomic E-state index is 11.3. The van der Waals surface area contributed by atoms with Crippen molar-refractivity contribution in [2.24, 2.45) is 0 Å². The Morgan fingerprint density at radius 1 is 1.21 bits per heavy atom. The second-order valence-corrected chi connectivity index (χ2v) is 6.92. The number of carbonyl (C=O) groups excluding carboxylic acids is 1. The van der Waals surface area contributed by atoms with Crippen LogP contribution in [0.4, 0.5) is 11.6 Å². The first-order valence-corrected chi connectivity index (χ1v) is 8.76. The van der Waals surface area contributed by atoms with E-state index >= 15 is 0 Å². The Kier molecular flexibility index (Phi) is 3.89. The molecule has 3 aromatic heterocycles. The highest BCUT2D eigenvalue weighted by Gasteiger charge is 2.08. The largest absolute Gasteiger partial charge is 0.293 e. The summed E-state index contributed by atoms with van der Waals surface area (Å²) in [5.41, 5.74) is 2.42. The molecule has 3 rings (SSSR count). The fraction of sp³-hybridized carbons (Fsp3) is 0.143. The molecule has 0 aliphatic heterocycles. The van der Waals surface area contributed by atoms with Crippen LogP contribution in [0.25, 0.3) is 16.8 Å². The minimum Gasteiger partial charge on any atom is -0.293 e. The Morgan fingerprint density at radius 3 is 2.71 bits per heavy atom. The van der Waals surface area contributed by atoms with Gasteiger partial charge in [-0.05, 0) is 18.2 Å². The van der Waals surface area contributed by atoms with E-state index in [2.05, 4.69) is 25.1 Å². The zero-order valence-electron chi connectivity index (χ0n) is 12.9. The van der Waals surface area contributed by atoms with E-state index in [-0.39, 0.29) is 11.9 Å². The minimum absolute atomic E-state index is 0.213. The van der Waals surface area contributed by atoms with Crippen molar-refractivity contribution in [1.82, 2.24) is 19.6 Å². The molecule has 0 atom stereocenters. The topological polar surface area (TPSA) is 118 Å². The molecule has 0 saturated heterocycles. The number of amides is 1. The smallest absolute Gasteiger partial charge is 0.249 e. The van der Waals surface area contributed by atoms with E-state index in [1.807, 2.05) is 6.07 Å². The number of hydrogen-bond donors (Lipinski definition) is 2. The van der Waals surface area contributed by atoms with Gasteiger partial charge in [-0.25, -0.2) is 12.9 Å². The molecule has 0 bridgehead atoms. The van der Waals surface area contributed by atoms with Crippen LogP contribution in [0.1, 0.15) is 6.92 Å². The second-order valence-electron chi connectivity index (χ2n) is 5.17. The summed E-state index contributed by atoms with van der Waals surface area (Å²) < 4.78 is 26.5. The number of hydrogen-bond acceptors (Lipinski definition) is 6. The highest BCUT2D eigenvalue weighted by molar-refractivity contribution is 7.92. The Hall–Kier alpha value is -3.01. The predicted molar refractivity (Wildman–Crippen MR) is 89.0 cm³/mol. The summed E-state index contributed by atoms with van der Waals surface area (Å²) in [7, 11) is -3.38. The average molecular weight is 346 g/mol. The third-order valence-electron chi connectivity index (χ3n) is 2.99. The average Bonchev–Trinajstić information content (AvgIpc) is 2.85. The first-order valence-electron chi connectivity index (χ1n) is 6.87. The normalized spacial score (nSPS) is 11.4. The monoisotopic (exact) mass is 346 g/mol. The summed E-state index contributed by atoms with van der Waals surface area (Å²) >= 11 is 0. The standard InChI is InChI=1S/C14H14N6O3S/c1-9(21)16-14-17-13-4-3-10(8-20(13)18-14)11-5-12(7-15-6-11)19-24(2,22)23/h3-8,19H,1-2H3,(H,16,18,21). The molecule has 0 aliphatic carbocycles. The van der Waals surface area contributed by atoms with Crippen LogP contribution in [0.3, 0.4) is 0 Å². The highest BCUT2D eigenvalue weighted by atomic mass is 32.2. The Bertz CT molecular complexity index is 1030. The van der Waals surface area contributed by atoms with Crippen LogP contribution in [0.15, 0.2) is 36.8 Å². The summed E-state index contributed by atoms with van der Waals surface area (Å²) in [6, 6.07) is 5.22. The van der Waals surface area contributed by atoms with Crippen LogP contribution in [-0.4, -0.2) is 40.2 Å². The van der Waals surface area contributed by atoms with Gasteiger partial charge in [-0.15, -0.1) is 5.10 Å². The molecular formula is C14H14N6O3S. The highest BCUT2D eigenvalue weighted by Crippen LogP contribution is 2.22. The lowest BCUT2D eigenvalue weighted by Gasteiger charge is -2.06. The van der Waals surface area contributed by atoms with Crippen LogP contribution in [0, 0.1) is 0 Å². The van der Waals surface area contributed by atoms with E-state index in [0.717, 1.165) is 11.8 Å². The number of fused-ring (bicyclic) bond motifs is 1. The molecular weight excluding hydrogens is 332 g/mol. The molecule has 0 saturated carbocycles. The Labute approximate surface area is 137 Å². The van der Waals surface area contributed by atoms with Gasteiger partial charge in [0.05, 0.1) is 18.1 Å². The van der Waals surface area contributed by atoms with Gasteiger partial charge >= 0.3 is 0 Å². The SMILES string of the molecule is CC(=O)Nc1nc2ccc(-c3cncc(NS(C)(=O)=O)c3)cn2n1. The number of pyridine rings is 2. The first kappa shape index (κ1) is 15.9. The number of rotatable bonds is 4. The van der Waals surface area contributed by atoms with Crippen LogP contribution >= 0.6 is 0 Å². The zero-order chi connectivity index (χ0) is 17.3. The molecule has 0 radical (unpaired) electrons. The first-order chi connectivity index (χ1) is 11.3. The van der Waals surface area contributed by atoms with E-state index in [0.29, 0.717) is 16.9 Å². The summed E-state index contributed by atoms with van der Waals surface area (Å²) in [4.78, 5) is 19.3. The molecule has 3 aromatic rings. The molecule has 0 aliphatic rings. The van der Waals surface area contributed by atoms with Gasteiger partial charge in [0, 0.05) is 30.4 Å². The number of sulfonamides is 1. The third kappa shape index (κ3) is 3.66. The quantitative estimate of drug-likeness (QED) is 0.731. The van der Waals surface area contributed by atoms with Gasteiger partial charge in [0.1, 0.15) is 0 Å². The Morgan fingerprint density at radius 2 is 2.00 bits per heavy atom. The van der Waals surface area contributed by atoms with Crippen LogP contribution < -0.4 is 10.0 Å².